The van der Waals surface area contributed by atoms with Crippen molar-refractivity contribution in [3.05, 3.63) is 101 Å². The summed E-state index contributed by atoms with van der Waals surface area (Å²) in [4.78, 5) is 36.2. The normalized spacial score (nSPS) is 12.6. The fourth-order valence-corrected chi connectivity index (χ4v) is 5.40. The molecular formula is C24H14I2O5. The molecule has 31 heavy (non-hydrogen) atoms. The van der Waals surface area contributed by atoms with E-state index in [0.29, 0.717) is 23.5 Å². The summed E-state index contributed by atoms with van der Waals surface area (Å²) >= 11 is 4.32. The SMILES string of the molecule is O=C(O)c1ccc(COc2c(I)cc(C=C3C(=O)c4ccccc4C3=O)cc2I)cc1. The van der Waals surface area contributed by atoms with Crippen LogP contribution in [-0.2, 0) is 6.61 Å². The Kier molecular flexibility index (Phi) is 6.24. The lowest BCUT2D eigenvalue weighted by atomic mass is 10.1. The van der Waals surface area contributed by atoms with Crippen LogP contribution >= 0.6 is 45.2 Å². The molecule has 1 N–H and O–H groups in total. The molecule has 0 radical (unpaired) electrons. The van der Waals surface area contributed by atoms with Gasteiger partial charge >= 0.3 is 5.97 Å². The molecule has 1 aliphatic carbocycles. The van der Waals surface area contributed by atoms with E-state index >= 15 is 0 Å². The Morgan fingerprint density at radius 1 is 0.903 bits per heavy atom. The Labute approximate surface area is 205 Å². The van der Waals surface area contributed by atoms with Crippen molar-refractivity contribution in [2.75, 3.05) is 0 Å². The van der Waals surface area contributed by atoms with Crippen LogP contribution in [-0.4, -0.2) is 22.6 Å². The van der Waals surface area contributed by atoms with Crippen LogP contribution in [0, 0.1) is 7.14 Å². The number of aromatic carboxylic acids is 1. The van der Waals surface area contributed by atoms with Gasteiger partial charge in [-0.2, -0.15) is 0 Å². The molecule has 0 saturated heterocycles. The molecule has 0 fully saturated rings. The molecule has 4 rings (SSSR count). The van der Waals surface area contributed by atoms with Crippen molar-refractivity contribution in [1.29, 1.82) is 0 Å². The number of Topliss-reactive ketones (excluding diaryl/α,β-unsaturated/α-hetero) is 2. The van der Waals surface area contributed by atoms with E-state index in [1.165, 1.54) is 0 Å². The van der Waals surface area contributed by atoms with E-state index < -0.39 is 5.97 Å². The monoisotopic (exact) mass is 636 g/mol. The number of ketones is 2. The van der Waals surface area contributed by atoms with Crippen molar-refractivity contribution in [2.24, 2.45) is 0 Å². The van der Waals surface area contributed by atoms with E-state index in [2.05, 4.69) is 45.2 Å². The number of rotatable bonds is 5. The number of carboxylic acids is 1. The zero-order chi connectivity index (χ0) is 22.1. The van der Waals surface area contributed by atoms with Crippen LogP contribution in [0.3, 0.4) is 0 Å². The standard InChI is InChI=1S/C24H14I2O5/c25-19-10-14(9-18-21(27)16-3-1-2-4-17(16)22(18)28)11-20(26)23(19)31-12-13-5-7-15(8-6-13)24(29)30/h1-11H,12H2,(H,29,30). The first-order valence-corrected chi connectivity index (χ1v) is 11.3. The Balaban J connectivity index is 1.55. The Bertz CT molecular complexity index is 1200. The average molecular weight is 636 g/mol. The third-order valence-corrected chi connectivity index (χ3v) is 6.42. The topological polar surface area (TPSA) is 80.7 Å². The lowest BCUT2D eigenvalue weighted by Gasteiger charge is -2.12. The van der Waals surface area contributed by atoms with E-state index in [4.69, 9.17) is 9.84 Å². The maximum Gasteiger partial charge on any atom is 0.335 e. The van der Waals surface area contributed by atoms with Crippen LogP contribution in [0.4, 0.5) is 0 Å². The maximum absolute atomic E-state index is 12.6. The maximum atomic E-state index is 12.6. The van der Waals surface area contributed by atoms with Gasteiger partial charge in [-0.05, 0) is 86.7 Å². The van der Waals surface area contributed by atoms with Gasteiger partial charge in [-0.1, -0.05) is 36.4 Å². The number of halogens is 2. The molecule has 154 valence electrons. The number of carboxylic acid groups (broad SMARTS) is 1. The Morgan fingerprint density at radius 3 is 1.97 bits per heavy atom. The highest BCUT2D eigenvalue weighted by molar-refractivity contribution is 14.1. The summed E-state index contributed by atoms with van der Waals surface area (Å²) in [6.45, 7) is 0.290. The second-order valence-corrected chi connectivity index (χ2v) is 9.19. The highest BCUT2D eigenvalue weighted by atomic mass is 127. The Hall–Kier alpha value is -2.53. The average Bonchev–Trinajstić information content (AvgIpc) is 2.98. The minimum Gasteiger partial charge on any atom is -0.487 e. The summed E-state index contributed by atoms with van der Waals surface area (Å²) in [6, 6.07) is 17.1. The molecule has 0 atom stereocenters. The summed E-state index contributed by atoms with van der Waals surface area (Å²) in [5.41, 5.74) is 2.87. The third kappa shape index (κ3) is 4.42. The van der Waals surface area contributed by atoms with Crippen molar-refractivity contribution in [3.8, 4) is 5.75 Å². The van der Waals surface area contributed by atoms with Gasteiger partial charge in [0.1, 0.15) is 12.4 Å². The van der Waals surface area contributed by atoms with Gasteiger partial charge < -0.3 is 9.84 Å². The smallest absolute Gasteiger partial charge is 0.335 e. The molecule has 0 unspecified atom stereocenters. The Morgan fingerprint density at radius 2 is 1.45 bits per heavy atom. The molecule has 0 saturated carbocycles. The molecule has 3 aromatic carbocycles. The molecule has 0 aliphatic heterocycles. The van der Waals surface area contributed by atoms with Crippen LogP contribution in [0.25, 0.3) is 6.08 Å². The van der Waals surface area contributed by atoms with Crippen molar-refractivity contribution in [2.45, 2.75) is 6.61 Å². The molecular weight excluding hydrogens is 622 g/mol. The first kappa shape index (κ1) is 21.7. The highest BCUT2D eigenvalue weighted by Gasteiger charge is 2.32. The summed E-state index contributed by atoms with van der Waals surface area (Å²) in [5, 5.41) is 8.99. The largest absolute Gasteiger partial charge is 0.487 e. The summed E-state index contributed by atoms with van der Waals surface area (Å²) in [5.74, 6) is -0.784. The molecule has 0 heterocycles. The van der Waals surface area contributed by atoms with E-state index in [1.54, 1.807) is 54.6 Å². The molecule has 0 spiro atoms. The first-order valence-electron chi connectivity index (χ1n) is 9.19. The summed E-state index contributed by atoms with van der Waals surface area (Å²) in [7, 11) is 0. The van der Waals surface area contributed by atoms with E-state index in [0.717, 1.165) is 18.3 Å². The lowest BCUT2D eigenvalue weighted by Crippen LogP contribution is -2.02. The third-order valence-electron chi connectivity index (χ3n) is 4.82. The number of benzene rings is 3. The highest BCUT2D eigenvalue weighted by Crippen LogP contribution is 2.32. The van der Waals surface area contributed by atoms with Gasteiger partial charge in [0.15, 0.2) is 11.6 Å². The van der Waals surface area contributed by atoms with E-state index in [9.17, 15) is 14.4 Å². The van der Waals surface area contributed by atoms with Crippen LogP contribution in [0.15, 0.2) is 66.2 Å². The number of hydrogen-bond acceptors (Lipinski definition) is 4. The predicted octanol–water partition coefficient (Wildman–Crippen LogP) is 5.64. The van der Waals surface area contributed by atoms with Crippen molar-refractivity contribution >= 4 is 68.8 Å². The van der Waals surface area contributed by atoms with Gasteiger partial charge in [-0.25, -0.2) is 4.79 Å². The van der Waals surface area contributed by atoms with Crippen LogP contribution in [0.5, 0.6) is 5.75 Å². The lowest BCUT2D eigenvalue weighted by molar-refractivity contribution is 0.0696. The molecule has 0 aromatic heterocycles. The zero-order valence-electron chi connectivity index (χ0n) is 15.9. The minimum atomic E-state index is -0.969. The molecule has 5 nitrogen and oxygen atoms in total. The molecule has 0 amide bonds. The van der Waals surface area contributed by atoms with Crippen molar-refractivity contribution < 1.29 is 24.2 Å². The fourth-order valence-electron chi connectivity index (χ4n) is 3.27. The molecule has 1 aliphatic rings. The summed E-state index contributed by atoms with van der Waals surface area (Å²) in [6.07, 6.45) is 1.63. The van der Waals surface area contributed by atoms with Gasteiger partial charge in [0.2, 0.25) is 0 Å². The molecule has 0 bridgehead atoms. The number of carbonyl (C=O) groups excluding carboxylic acids is 2. The minimum absolute atomic E-state index is 0.167. The van der Waals surface area contributed by atoms with Gasteiger partial charge in [-0.3, -0.25) is 9.59 Å². The first-order chi connectivity index (χ1) is 14.8. The van der Waals surface area contributed by atoms with Gasteiger partial charge in [0.05, 0.1) is 18.3 Å². The quantitative estimate of drug-likeness (QED) is 0.223. The predicted molar refractivity (Wildman–Crippen MR) is 133 cm³/mol. The summed E-state index contributed by atoms with van der Waals surface area (Å²) < 4.78 is 7.64. The number of carbonyl (C=O) groups is 3. The molecule has 7 heteroatoms. The van der Waals surface area contributed by atoms with Crippen molar-refractivity contribution in [3.63, 3.8) is 0 Å². The van der Waals surface area contributed by atoms with Gasteiger partial charge in [-0.15, -0.1) is 0 Å². The van der Waals surface area contributed by atoms with Crippen LogP contribution < -0.4 is 4.74 Å². The van der Waals surface area contributed by atoms with Crippen LogP contribution in [0.1, 0.15) is 42.2 Å². The van der Waals surface area contributed by atoms with Crippen LogP contribution in [0.2, 0.25) is 0 Å². The fraction of sp³-hybridized carbons (Fsp3) is 0.0417. The van der Waals surface area contributed by atoms with E-state index in [-0.39, 0.29) is 22.7 Å². The van der Waals surface area contributed by atoms with E-state index in [1.807, 2.05) is 12.1 Å². The number of ether oxygens (including phenoxy) is 1. The second kappa shape index (κ2) is 8.91. The van der Waals surface area contributed by atoms with Crippen molar-refractivity contribution in [1.82, 2.24) is 0 Å². The zero-order valence-corrected chi connectivity index (χ0v) is 20.2. The van der Waals surface area contributed by atoms with Gasteiger partial charge in [0.25, 0.3) is 0 Å². The second-order valence-electron chi connectivity index (χ2n) is 6.87. The molecule has 3 aromatic rings. The number of hydrogen-bond donors (Lipinski definition) is 1. The van der Waals surface area contributed by atoms with Gasteiger partial charge in [0, 0.05) is 11.1 Å². The number of allylic oxidation sites excluding steroid dienone is 1. The number of fused-ring (bicyclic) bond motifs is 1.